The largest absolute Gasteiger partial charge is 0.392 e. The summed E-state index contributed by atoms with van der Waals surface area (Å²) in [5.74, 6) is 0.115. The zero-order valence-corrected chi connectivity index (χ0v) is 13.8. The average molecular weight is 285 g/mol. The molecule has 0 saturated heterocycles. The average Bonchev–Trinajstić information content (AvgIpc) is 2.42. The van der Waals surface area contributed by atoms with E-state index in [0.29, 0.717) is 0 Å². The van der Waals surface area contributed by atoms with Crippen molar-refractivity contribution in [2.24, 2.45) is 5.41 Å². The molecule has 0 bridgehead atoms. The van der Waals surface area contributed by atoms with Gasteiger partial charge in [-0.2, -0.15) is 0 Å². The number of benzene rings is 2. The maximum atomic E-state index is 10.8. The maximum Gasteiger partial charge on any atom is 0.0669 e. The Morgan fingerprint density at radius 1 is 1.00 bits per heavy atom. The van der Waals surface area contributed by atoms with Gasteiger partial charge in [-0.05, 0) is 35.8 Å². The molecule has 2 heteroatoms. The van der Waals surface area contributed by atoms with Gasteiger partial charge in [0.05, 0.1) is 6.10 Å². The molecule has 21 heavy (non-hydrogen) atoms. The van der Waals surface area contributed by atoms with Crippen molar-refractivity contribution in [1.29, 1.82) is 0 Å². The normalized spacial score (nSPS) is 15.4. The van der Waals surface area contributed by atoms with E-state index in [-0.39, 0.29) is 17.4 Å². The summed E-state index contributed by atoms with van der Waals surface area (Å²) < 4.78 is 0. The van der Waals surface area contributed by atoms with E-state index in [1.165, 1.54) is 16.3 Å². The third-order valence-corrected chi connectivity index (χ3v) is 4.03. The highest BCUT2D eigenvalue weighted by Gasteiger charge is 2.31. The van der Waals surface area contributed by atoms with Crippen LogP contribution in [0.25, 0.3) is 10.8 Å². The van der Waals surface area contributed by atoms with Crippen LogP contribution in [0.2, 0.25) is 0 Å². The van der Waals surface area contributed by atoms with E-state index in [9.17, 15) is 5.11 Å². The highest BCUT2D eigenvalue weighted by Crippen LogP contribution is 2.33. The van der Waals surface area contributed by atoms with Crippen molar-refractivity contribution in [2.75, 3.05) is 20.6 Å². The molecular formula is C19H27NO. The number of likely N-dealkylation sites (N-methyl/N-ethyl adjacent to an activating group) is 1. The third-order valence-electron chi connectivity index (χ3n) is 4.03. The fourth-order valence-corrected chi connectivity index (χ4v) is 2.82. The number of nitrogens with zero attached hydrogens (tertiary/aromatic N) is 1. The monoisotopic (exact) mass is 285 g/mol. The van der Waals surface area contributed by atoms with Crippen LogP contribution in [0, 0.1) is 5.41 Å². The summed E-state index contributed by atoms with van der Waals surface area (Å²) in [5.41, 5.74) is 1.08. The minimum Gasteiger partial charge on any atom is -0.392 e. The second kappa shape index (κ2) is 6.17. The van der Waals surface area contributed by atoms with Gasteiger partial charge in [0, 0.05) is 12.5 Å². The highest BCUT2D eigenvalue weighted by molar-refractivity contribution is 5.83. The summed E-state index contributed by atoms with van der Waals surface area (Å²) in [6.45, 7) is 7.14. The van der Waals surface area contributed by atoms with Crippen LogP contribution < -0.4 is 0 Å². The summed E-state index contributed by atoms with van der Waals surface area (Å²) in [6, 6.07) is 14.9. The van der Waals surface area contributed by atoms with Gasteiger partial charge in [0.2, 0.25) is 0 Å². The van der Waals surface area contributed by atoms with Crippen molar-refractivity contribution >= 4 is 10.8 Å². The highest BCUT2D eigenvalue weighted by atomic mass is 16.3. The molecule has 2 aromatic carbocycles. The molecule has 2 nitrogen and oxygen atoms in total. The van der Waals surface area contributed by atoms with Crippen molar-refractivity contribution < 1.29 is 5.11 Å². The molecule has 2 aromatic rings. The molecule has 2 atom stereocenters. The zero-order chi connectivity index (χ0) is 15.6. The second-order valence-corrected chi connectivity index (χ2v) is 7.29. The van der Waals surface area contributed by atoms with Crippen LogP contribution in [0.15, 0.2) is 42.5 Å². The lowest BCUT2D eigenvalue weighted by Gasteiger charge is -2.35. The first-order valence-corrected chi connectivity index (χ1v) is 7.60. The van der Waals surface area contributed by atoms with Crippen LogP contribution in [0.3, 0.4) is 0 Å². The van der Waals surface area contributed by atoms with E-state index in [0.717, 1.165) is 6.54 Å². The van der Waals surface area contributed by atoms with Crippen LogP contribution in [0.1, 0.15) is 32.3 Å². The number of hydrogen-bond donors (Lipinski definition) is 1. The molecule has 0 saturated carbocycles. The Labute approximate surface area is 128 Å². The van der Waals surface area contributed by atoms with E-state index in [1.54, 1.807) is 0 Å². The lowest BCUT2D eigenvalue weighted by atomic mass is 9.77. The van der Waals surface area contributed by atoms with Crippen LogP contribution in [-0.4, -0.2) is 36.8 Å². The summed E-state index contributed by atoms with van der Waals surface area (Å²) >= 11 is 0. The van der Waals surface area contributed by atoms with Crippen molar-refractivity contribution in [3.8, 4) is 0 Å². The predicted molar refractivity (Wildman–Crippen MR) is 90.7 cm³/mol. The molecule has 2 rings (SSSR count). The Hall–Kier alpha value is -1.38. The van der Waals surface area contributed by atoms with Gasteiger partial charge in [0.25, 0.3) is 0 Å². The number of fused-ring (bicyclic) bond motifs is 1. The molecule has 0 amide bonds. The van der Waals surface area contributed by atoms with E-state index < -0.39 is 0 Å². The van der Waals surface area contributed by atoms with E-state index in [1.807, 2.05) is 0 Å². The smallest absolute Gasteiger partial charge is 0.0669 e. The maximum absolute atomic E-state index is 10.8. The summed E-state index contributed by atoms with van der Waals surface area (Å²) in [6.07, 6.45) is -0.374. The van der Waals surface area contributed by atoms with E-state index in [2.05, 4.69) is 82.2 Å². The van der Waals surface area contributed by atoms with Gasteiger partial charge in [-0.3, -0.25) is 0 Å². The lowest BCUT2D eigenvalue weighted by molar-refractivity contribution is 0.0311. The van der Waals surface area contributed by atoms with E-state index in [4.69, 9.17) is 0 Å². The van der Waals surface area contributed by atoms with Gasteiger partial charge in [-0.1, -0.05) is 63.2 Å². The first-order valence-electron chi connectivity index (χ1n) is 7.60. The Morgan fingerprint density at radius 3 is 2.19 bits per heavy atom. The number of rotatable bonds is 4. The molecular weight excluding hydrogens is 258 g/mol. The Balaban J connectivity index is 2.42. The van der Waals surface area contributed by atoms with Crippen molar-refractivity contribution in [3.05, 3.63) is 48.0 Å². The van der Waals surface area contributed by atoms with Crippen LogP contribution >= 0.6 is 0 Å². The zero-order valence-electron chi connectivity index (χ0n) is 13.8. The third kappa shape index (κ3) is 3.84. The van der Waals surface area contributed by atoms with E-state index >= 15 is 0 Å². The summed E-state index contributed by atoms with van der Waals surface area (Å²) in [5, 5.41) is 13.3. The predicted octanol–water partition coefficient (Wildman–Crippen LogP) is 3.89. The fourth-order valence-electron chi connectivity index (χ4n) is 2.82. The lowest BCUT2D eigenvalue weighted by Crippen LogP contribution is -2.37. The number of aliphatic hydroxyl groups is 1. The molecule has 0 fully saturated rings. The Kier molecular flexibility index (Phi) is 4.70. The summed E-state index contributed by atoms with van der Waals surface area (Å²) in [4.78, 5) is 2.15. The Bertz CT molecular complexity index is 598. The number of aliphatic hydroxyl groups excluding tert-OH is 1. The van der Waals surface area contributed by atoms with Crippen LogP contribution in [0.5, 0.6) is 0 Å². The van der Waals surface area contributed by atoms with Gasteiger partial charge in [0.1, 0.15) is 0 Å². The first-order chi connectivity index (χ1) is 9.79. The molecule has 114 valence electrons. The van der Waals surface area contributed by atoms with Gasteiger partial charge < -0.3 is 10.0 Å². The molecule has 0 heterocycles. The Morgan fingerprint density at radius 2 is 1.62 bits per heavy atom. The molecule has 1 N–H and O–H groups in total. The topological polar surface area (TPSA) is 23.5 Å². The van der Waals surface area contributed by atoms with Crippen molar-refractivity contribution in [3.63, 3.8) is 0 Å². The van der Waals surface area contributed by atoms with Crippen molar-refractivity contribution in [2.45, 2.75) is 32.8 Å². The van der Waals surface area contributed by atoms with Gasteiger partial charge in [-0.25, -0.2) is 0 Å². The van der Waals surface area contributed by atoms with Crippen molar-refractivity contribution in [1.82, 2.24) is 4.90 Å². The molecule has 0 aromatic heterocycles. The quantitative estimate of drug-likeness (QED) is 0.921. The molecule has 0 spiro atoms. The molecule has 0 aliphatic rings. The van der Waals surface area contributed by atoms with Gasteiger partial charge in [-0.15, -0.1) is 0 Å². The minimum absolute atomic E-state index is 0.115. The molecule has 2 unspecified atom stereocenters. The standard InChI is InChI=1S/C19H27NO/c1-19(2,3)18(21)17(13-20(4)5)16-11-10-14-8-6-7-9-15(14)12-16/h6-12,17-18,21H,13H2,1-5H3. The minimum atomic E-state index is -0.374. The van der Waals surface area contributed by atoms with Crippen LogP contribution in [0.4, 0.5) is 0 Å². The molecule has 0 aliphatic heterocycles. The van der Waals surface area contributed by atoms with Gasteiger partial charge in [0.15, 0.2) is 0 Å². The summed E-state index contributed by atoms with van der Waals surface area (Å²) in [7, 11) is 4.12. The van der Waals surface area contributed by atoms with Crippen LogP contribution in [-0.2, 0) is 0 Å². The SMILES string of the molecule is CN(C)CC(c1ccc2ccccc2c1)C(O)C(C)(C)C. The fraction of sp³-hybridized carbons (Fsp3) is 0.474. The van der Waals surface area contributed by atoms with Gasteiger partial charge >= 0.3 is 0 Å². The first kappa shape index (κ1) is 16.0. The molecule has 0 radical (unpaired) electrons. The number of hydrogen-bond acceptors (Lipinski definition) is 2. The molecule has 0 aliphatic carbocycles. The second-order valence-electron chi connectivity index (χ2n) is 7.29.